The zero-order valence-corrected chi connectivity index (χ0v) is 9.39. The van der Waals surface area contributed by atoms with Crippen LogP contribution < -0.4 is 0 Å². The van der Waals surface area contributed by atoms with Crippen LogP contribution in [0, 0.1) is 6.92 Å². The second-order valence-corrected chi connectivity index (χ2v) is 4.22. The third kappa shape index (κ3) is 5.35. The standard InChI is InChI=1S/C11H18NOS/c1-2-13-8-6-4-3-5-7-11-9-12-10-14-11/h9-10H,1-8H2. The molecule has 0 unspecified atom stereocenters. The van der Waals surface area contributed by atoms with Crippen molar-refractivity contribution in [3.8, 4) is 0 Å². The minimum absolute atomic E-state index is 0.598. The van der Waals surface area contributed by atoms with Crippen LogP contribution in [-0.2, 0) is 11.2 Å². The van der Waals surface area contributed by atoms with Crippen molar-refractivity contribution in [2.75, 3.05) is 13.2 Å². The Morgan fingerprint density at radius 3 is 2.86 bits per heavy atom. The molecule has 0 spiro atoms. The average molecular weight is 212 g/mol. The van der Waals surface area contributed by atoms with Crippen LogP contribution in [0.2, 0.25) is 0 Å². The Morgan fingerprint density at radius 1 is 1.29 bits per heavy atom. The SMILES string of the molecule is [CH2]COCCCCCCc1cncs1. The molecule has 3 heteroatoms. The summed E-state index contributed by atoms with van der Waals surface area (Å²) in [4.78, 5) is 5.46. The van der Waals surface area contributed by atoms with Crippen LogP contribution in [-0.4, -0.2) is 18.2 Å². The van der Waals surface area contributed by atoms with Gasteiger partial charge >= 0.3 is 0 Å². The Labute approximate surface area is 90.3 Å². The molecule has 0 aliphatic heterocycles. The number of nitrogens with zero attached hydrogens (tertiary/aromatic N) is 1. The molecule has 0 atom stereocenters. The lowest BCUT2D eigenvalue weighted by Gasteiger charge is -2.00. The van der Waals surface area contributed by atoms with Gasteiger partial charge in [0.2, 0.25) is 0 Å². The van der Waals surface area contributed by atoms with Gasteiger partial charge < -0.3 is 4.74 Å². The van der Waals surface area contributed by atoms with E-state index in [4.69, 9.17) is 4.74 Å². The first-order chi connectivity index (χ1) is 6.93. The topological polar surface area (TPSA) is 22.1 Å². The first-order valence-corrected chi connectivity index (χ1v) is 6.06. The van der Waals surface area contributed by atoms with E-state index in [2.05, 4.69) is 11.9 Å². The van der Waals surface area contributed by atoms with Gasteiger partial charge in [-0.25, -0.2) is 0 Å². The van der Waals surface area contributed by atoms with Crippen LogP contribution in [0.5, 0.6) is 0 Å². The van der Waals surface area contributed by atoms with Crippen molar-refractivity contribution in [1.29, 1.82) is 0 Å². The van der Waals surface area contributed by atoms with Gasteiger partial charge in [0.25, 0.3) is 0 Å². The molecule has 1 rings (SSSR count). The van der Waals surface area contributed by atoms with Gasteiger partial charge in [0.1, 0.15) is 0 Å². The Hall–Kier alpha value is -0.410. The van der Waals surface area contributed by atoms with Crippen molar-refractivity contribution in [3.05, 3.63) is 23.5 Å². The highest BCUT2D eigenvalue weighted by Crippen LogP contribution is 2.11. The molecule has 79 valence electrons. The first kappa shape index (κ1) is 11.7. The highest BCUT2D eigenvalue weighted by atomic mass is 32.1. The smallest absolute Gasteiger partial charge is 0.0794 e. The van der Waals surface area contributed by atoms with Gasteiger partial charge in [-0.1, -0.05) is 12.8 Å². The quantitative estimate of drug-likeness (QED) is 0.618. The van der Waals surface area contributed by atoms with Gasteiger partial charge in [0.05, 0.1) is 5.51 Å². The van der Waals surface area contributed by atoms with Crippen molar-refractivity contribution >= 4 is 11.3 Å². The zero-order valence-electron chi connectivity index (χ0n) is 8.58. The fraction of sp³-hybridized carbons (Fsp3) is 0.636. The monoisotopic (exact) mass is 212 g/mol. The summed E-state index contributed by atoms with van der Waals surface area (Å²) >= 11 is 1.75. The molecule has 1 radical (unpaired) electrons. The molecule has 0 saturated carbocycles. The number of hydrogen-bond donors (Lipinski definition) is 0. The van der Waals surface area contributed by atoms with Gasteiger partial charge in [-0.15, -0.1) is 11.3 Å². The Bertz CT molecular complexity index is 211. The van der Waals surface area contributed by atoms with Crippen molar-refractivity contribution in [2.24, 2.45) is 0 Å². The number of ether oxygens (including phenoxy) is 1. The number of hydrogen-bond acceptors (Lipinski definition) is 3. The molecule has 1 aromatic rings. The van der Waals surface area contributed by atoms with Gasteiger partial charge in [-0.2, -0.15) is 0 Å². The van der Waals surface area contributed by atoms with Crippen molar-refractivity contribution < 1.29 is 4.74 Å². The van der Waals surface area contributed by atoms with Crippen molar-refractivity contribution in [3.63, 3.8) is 0 Å². The Morgan fingerprint density at radius 2 is 2.14 bits per heavy atom. The third-order valence-electron chi connectivity index (χ3n) is 2.09. The average Bonchev–Trinajstić information content (AvgIpc) is 2.69. The highest BCUT2D eigenvalue weighted by molar-refractivity contribution is 7.09. The lowest BCUT2D eigenvalue weighted by Crippen LogP contribution is -1.93. The molecule has 0 fully saturated rings. The minimum atomic E-state index is 0.598. The molecule has 0 aromatic carbocycles. The van der Waals surface area contributed by atoms with E-state index >= 15 is 0 Å². The summed E-state index contributed by atoms with van der Waals surface area (Å²) in [6, 6.07) is 0. The number of aromatic nitrogens is 1. The predicted octanol–water partition coefficient (Wildman–Crippen LogP) is 3.10. The summed E-state index contributed by atoms with van der Waals surface area (Å²) in [5, 5.41) is 0. The number of aryl methyl sites for hydroxylation is 1. The van der Waals surface area contributed by atoms with Crippen molar-refractivity contribution in [2.45, 2.75) is 32.1 Å². The van der Waals surface area contributed by atoms with Gasteiger partial charge in [-0.3, -0.25) is 4.98 Å². The van der Waals surface area contributed by atoms with E-state index < -0.39 is 0 Å². The Kier molecular flexibility index (Phi) is 6.62. The molecular weight excluding hydrogens is 194 g/mol. The summed E-state index contributed by atoms with van der Waals surface area (Å²) in [6.07, 6.45) is 8.14. The molecule has 0 aliphatic rings. The maximum atomic E-state index is 5.17. The molecule has 2 nitrogen and oxygen atoms in total. The normalized spacial score (nSPS) is 10.6. The van der Waals surface area contributed by atoms with Crippen LogP contribution >= 0.6 is 11.3 Å². The van der Waals surface area contributed by atoms with Crippen LogP contribution in [0.4, 0.5) is 0 Å². The summed E-state index contributed by atoms with van der Waals surface area (Å²) in [5.41, 5.74) is 1.90. The van der Waals surface area contributed by atoms with E-state index in [0.717, 1.165) is 13.0 Å². The van der Waals surface area contributed by atoms with Crippen LogP contribution in [0.1, 0.15) is 30.6 Å². The molecule has 1 aromatic heterocycles. The second kappa shape index (κ2) is 7.94. The van der Waals surface area contributed by atoms with E-state index in [9.17, 15) is 0 Å². The summed E-state index contributed by atoms with van der Waals surface area (Å²) in [5.74, 6) is 0. The molecule has 1 heterocycles. The van der Waals surface area contributed by atoms with E-state index in [-0.39, 0.29) is 0 Å². The van der Waals surface area contributed by atoms with E-state index in [1.54, 1.807) is 11.3 Å². The molecule has 0 bridgehead atoms. The summed E-state index contributed by atoms with van der Waals surface area (Å²) in [7, 11) is 0. The molecular formula is C11H18NOS. The Balaban J connectivity index is 1.85. The molecule has 14 heavy (non-hydrogen) atoms. The third-order valence-corrected chi connectivity index (χ3v) is 2.93. The molecule has 0 aliphatic carbocycles. The molecule has 0 amide bonds. The number of rotatable bonds is 8. The molecule has 0 N–H and O–H groups in total. The second-order valence-electron chi connectivity index (χ2n) is 3.24. The van der Waals surface area contributed by atoms with Gasteiger partial charge in [-0.05, 0) is 26.2 Å². The fourth-order valence-corrected chi connectivity index (χ4v) is 1.97. The molecule has 0 saturated heterocycles. The van der Waals surface area contributed by atoms with Crippen molar-refractivity contribution in [1.82, 2.24) is 4.98 Å². The van der Waals surface area contributed by atoms with Crippen LogP contribution in [0.3, 0.4) is 0 Å². The van der Waals surface area contributed by atoms with E-state index in [1.807, 2.05) is 11.7 Å². The summed E-state index contributed by atoms with van der Waals surface area (Å²) in [6.45, 7) is 5.09. The minimum Gasteiger partial charge on any atom is -0.381 e. The highest BCUT2D eigenvalue weighted by Gasteiger charge is 1.94. The van der Waals surface area contributed by atoms with Gasteiger partial charge in [0, 0.05) is 24.3 Å². The number of unbranched alkanes of at least 4 members (excludes halogenated alkanes) is 3. The van der Waals surface area contributed by atoms with Crippen LogP contribution in [0.25, 0.3) is 0 Å². The van der Waals surface area contributed by atoms with Crippen LogP contribution in [0.15, 0.2) is 11.7 Å². The number of thiazole rings is 1. The zero-order chi connectivity index (χ0) is 10.1. The maximum Gasteiger partial charge on any atom is 0.0794 e. The fourth-order valence-electron chi connectivity index (χ4n) is 1.32. The lowest BCUT2D eigenvalue weighted by molar-refractivity contribution is 0.156. The lowest BCUT2D eigenvalue weighted by atomic mass is 10.1. The first-order valence-electron chi connectivity index (χ1n) is 5.18. The van der Waals surface area contributed by atoms with E-state index in [1.165, 1.54) is 30.6 Å². The maximum absolute atomic E-state index is 5.17. The van der Waals surface area contributed by atoms with Gasteiger partial charge in [0.15, 0.2) is 0 Å². The summed E-state index contributed by atoms with van der Waals surface area (Å²) < 4.78 is 5.17. The van der Waals surface area contributed by atoms with E-state index in [0.29, 0.717) is 6.61 Å². The largest absolute Gasteiger partial charge is 0.381 e. The predicted molar refractivity (Wildman–Crippen MR) is 60.5 cm³/mol.